The number of nitrogens with zero attached hydrogens (tertiary/aromatic N) is 3. The summed E-state index contributed by atoms with van der Waals surface area (Å²) in [5, 5.41) is 11.7. The van der Waals surface area contributed by atoms with Gasteiger partial charge in [0.15, 0.2) is 5.65 Å². The molecule has 25 heavy (non-hydrogen) atoms. The summed E-state index contributed by atoms with van der Waals surface area (Å²) in [5.41, 5.74) is 9.06. The van der Waals surface area contributed by atoms with Crippen molar-refractivity contribution in [2.24, 2.45) is 5.73 Å². The first-order valence-corrected chi connectivity index (χ1v) is 8.92. The molecule has 4 rings (SSSR count). The van der Waals surface area contributed by atoms with Crippen molar-refractivity contribution >= 4 is 17.2 Å². The number of fused-ring (bicyclic) bond motifs is 1. The largest absolute Gasteiger partial charge is 0.378 e. The molecule has 130 valence electrons. The maximum atomic E-state index is 6.00. The Morgan fingerprint density at radius 3 is 2.72 bits per heavy atom. The number of hydrogen-bond donors (Lipinski definition) is 3. The molecule has 1 saturated carbocycles. The molecule has 2 aromatic heterocycles. The van der Waals surface area contributed by atoms with E-state index in [9.17, 15) is 0 Å². The molecule has 0 unspecified atom stereocenters. The predicted octanol–water partition coefficient (Wildman–Crippen LogP) is 3.02. The highest BCUT2D eigenvalue weighted by Gasteiger charge is 2.19. The average molecular weight is 336 g/mol. The van der Waals surface area contributed by atoms with Crippen molar-refractivity contribution in [3.63, 3.8) is 0 Å². The summed E-state index contributed by atoms with van der Waals surface area (Å²) in [6.45, 7) is 0.755. The van der Waals surface area contributed by atoms with Crippen molar-refractivity contribution in [2.75, 3.05) is 10.6 Å². The quantitative estimate of drug-likeness (QED) is 0.667. The van der Waals surface area contributed by atoms with Crippen molar-refractivity contribution < 1.29 is 0 Å². The fourth-order valence-corrected chi connectivity index (χ4v) is 3.38. The van der Waals surface area contributed by atoms with Crippen LogP contribution in [0, 0.1) is 0 Å². The third-order valence-electron chi connectivity index (χ3n) is 4.81. The van der Waals surface area contributed by atoms with Crippen LogP contribution in [0.2, 0.25) is 0 Å². The van der Waals surface area contributed by atoms with Crippen molar-refractivity contribution in [1.82, 2.24) is 14.6 Å². The number of nitrogens with one attached hydrogen (secondary N) is 2. The second-order valence-corrected chi connectivity index (χ2v) is 6.73. The zero-order valence-corrected chi connectivity index (χ0v) is 14.2. The van der Waals surface area contributed by atoms with E-state index in [4.69, 9.17) is 5.73 Å². The molecule has 0 bridgehead atoms. The third kappa shape index (κ3) is 3.74. The highest BCUT2D eigenvalue weighted by atomic mass is 15.3. The number of hydrogen-bond acceptors (Lipinski definition) is 5. The van der Waals surface area contributed by atoms with E-state index in [0.717, 1.165) is 49.4 Å². The molecule has 6 nitrogen and oxygen atoms in total. The maximum Gasteiger partial charge on any atom is 0.177 e. The second kappa shape index (κ2) is 7.11. The van der Waals surface area contributed by atoms with E-state index < -0.39 is 0 Å². The molecule has 4 N–H and O–H groups in total. The van der Waals surface area contributed by atoms with Crippen LogP contribution in [0.4, 0.5) is 11.5 Å². The Morgan fingerprint density at radius 1 is 1.12 bits per heavy atom. The Hall–Kier alpha value is -2.60. The SMILES string of the molecule is NC1CCC(Nc2cc(NCc3ccccc3)c3nccn3n2)CC1. The zero-order chi connectivity index (χ0) is 17.1. The topological polar surface area (TPSA) is 80.3 Å². The second-order valence-electron chi connectivity index (χ2n) is 6.73. The van der Waals surface area contributed by atoms with Crippen LogP contribution in [0.3, 0.4) is 0 Å². The highest BCUT2D eigenvalue weighted by Crippen LogP contribution is 2.24. The molecule has 3 aromatic rings. The lowest BCUT2D eigenvalue weighted by atomic mass is 9.92. The minimum absolute atomic E-state index is 0.352. The Labute approximate surface area is 147 Å². The minimum Gasteiger partial charge on any atom is -0.378 e. The Balaban J connectivity index is 1.52. The van der Waals surface area contributed by atoms with Gasteiger partial charge in [0.05, 0.1) is 5.69 Å². The fraction of sp³-hybridized carbons (Fsp3) is 0.368. The molecular weight excluding hydrogens is 312 g/mol. The van der Waals surface area contributed by atoms with Gasteiger partial charge in [-0.25, -0.2) is 9.50 Å². The van der Waals surface area contributed by atoms with E-state index in [2.05, 4.69) is 51.0 Å². The molecule has 6 heteroatoms. The summed E-state index contributed by atoms with van der Waals surface area (Å²) in [5.74, 6) is 0.876. The molecular formula is C19H24N6. The van der Waals surface area contributed by atoms with Gasteiger partial charge < -0.3 is 16.4 Å². The number of nitrogens with two attached hydrogens (primary N) is 1. The lowest BCUT2D eigenvalue weighted by Gasteiger charge is -2.27. The van der Waals surface area contributed by atoms with Crippen LogP contribution in [0.15, 0.2) is 48.8 Å². The zero-order valence-electron chi connectivity index (χ0n) is 14.2. The Kier molecular flexibility index (Phi) is 4.52. The van der Waals surface area contributed by atoms with E-state index in [1.165, 1.54) is 5.56 Å². The Bertz CT molecular complexity index is 820. The predicted molar refractivity (Wildman–Crippen MR) is 101 cm³/mol. The smallest absolute Gasteiger partial charge is 0.177 e. The maximum absolute atomic E-state index is 6.00. The van der Waals surface area contributed by atoms with Crippen molar-refractivity contribution in [3.8, 4) is 0 Å². The van der Waals surface area contributed by atoms with Gasteiger partial charge >= 0.3 is 0 Å². The van der Waals surface area contributed by atoms with Crippen LogP contribution < -0.4 is 16.4 Å². The molecule has 2 heterocycles. The van der Waals surface area contributed by atoms with Gasteiger partial charge in [0.2, 0.25) is 0 Å². The van der Waals surface area contributed by atoms with Crippen LogP contribution in [0.25, 0.3) is 5.65 Å². The van der Waals surface area contributed by atoms with Gasteiger partial charge in [-0.3, -0.25) is 0 Å². The first-order chi connectivity index (χ1) is 12.3. The normalized spacial score (nSPS) is 20.5. The van der Waals surface area contributed by atoms with E-state index in [0.29, 0.717) is 12.1 Å². The summed E-state index contributed by atoms with van der Waals surface area (Å²) in [6, 6.07) is 13.2. The molecule has 1 fully saturated rings. The van der Waals surface area contributed by atoms with Crippen molar-refractivity contribution in [2.45, 2.75) is 44.3 Å². The van der Waals surface area contributed by atoms with Gasteiger partial charge in [-0.2, -0.15) is 0 Å². The van der Waals surface area contributed by atoms with E-state index >= 15 is 0 Å². The molecule has 0 amide bonds. The first kappa shape index (κ1) is 15.9. The summed E-state index contributed by atoms with van der Waals surface area (Å²) >= 11 is 0. The molecule has 1 aromatic carbocycles. The van der Waals surface area contributed by atoms with Crippen molar-refractivity contribution in [3.05, 3.63) is 54.4 Å². The molecule has 0 radical (unpaired) electrons. The van der Waals surface area contributed by atoms with Gasteiger partial charge in [-0.05, 0) is 31.2 Å². The van der Waals surface area contributed by atoms with Crippen LogP contribution in [-0.2, 0) is 6.54 Å². The summed E-state index contributed by atoms with van der Waals surface area (Å²) < 4.78 is 1.82. The summed E-state index contributed by atoms with van der Waals surface area (Å²) in [6.07, 6.45) is 7.99. The van der Waals surface area contributed by atoms with Crippen LogP contribution in [0.1, 0.15) is 31.2 Å². The Morgan fingerprint density at radius 2 is 1.92 bits per heavy atom. The van der Waals surface area contributed by atoms with Gasteiger partial charge in [0, 0.05) is 37.1 Å². The monoisotopic (exact) mass is 336 g/mol. The minimum atomic E-state index is 0.352. The van der Waals surface area contributed by atoms with Gasteiger partial charge in [-0.15, -0.1) is 5.10 Å². The van der Waals surface area contributed by atoms with Gasteiger partial charge in [-0.1, -0.05) is 30.3 Å². The molecule has 1 aliphatic rings. The summed E-state index contributed by atoms with van der Waals surface area (Å²) in [4.78, 5) is 4.42. The molecule has 0 spiro atoms. The molecule has 0 aliphatic heterocycles. The lowest BCUT2D eigenvalue weighted by molar-refractivity contribution is 0.410. The first-order valence-electron chi connectivity index (χ1n) is 8.92. The van der Waals surface area contributed by atoms with Crippen LogP contribution in [-0.4, -0.2) is 26.7 Å². The number of imidazole rings is 1. The van der Waals surface area contributed by atoms with Crippen LogP contribution in [0.5, 0.6) is 0 Å². The van der Waals surface area contributed by atoms with E-state index in [1.54, 1.807) is 6.20 Å². The molecule has 0 saturated heterocycles. The highest BCUT2D eigenvalue weighted by molar-refractivity contribution is 5.70. The number of benzene rings is 1. The van der Waals surface area contributed by atoms with Gasteiger partial charge in [0.25, 0.3) is 0 Å². The van der Waals surface area contributed by atoms with Crippen LogP contribution >= 0.6 is 0 Å². The standard InChI is InChI=1S/C19H24N6/c20-15-6-8-16(9-7-15)23-18-12-17(19-21-10-11-25(19)24-18)22-13-14-4-2-1-3-5-14/h1-5,10-12,15-16,22H,6-9,13,20H2,(H,23,24). The molecule has 1 aliphatic carbocycles. The number of aromatic nitrogens is 3. The number of anilines is 2. The summed E-state index contributed by atoms with van der Waals surface area (Å²) in [7, 11) is 0. The molecule has 0 atom stereocenters. The fourth-order valence-electron chi connectivity index (χ4n) is 3.38. The number of rotatable bonds is 5. The van der Waals surface area contributed by atoms with Crippen molar-refractivity contribution in [1.29, 1.82) is 0 Å². The van der Waals surface area contributed by atoms with E-state index in [1.807, 2.05) is 16.8 Å². The van der Waals surface area contributed by atoms with Gasteiger partial charge in [0.1, 0.15) is 5.82 Å². The van der Waals surface area contributed by atoms with E-state index in [-0.39, 0.29) is 0 Å². The lowest BCUT2D eigenvalue weighted by Crippen LogP contribution is -2.33. The average Bonchev–Trinajstić information content (AvgIpc) is 3.11. The third-order valence-corrected chi connectivity index (χ3v) is 4.81.